The molecule has 1 aromatic heterocycles. The van der Waals surface area contributed by atoms with Crippen molar-refractivity contribution in [3.05, 3.63) is 52.8 Å². The van der Waals surface area contributed by atoms with E-state index in [0.717, 1.165) is 64.0 Å². The molecule has 0 aliphatic carbocycles. The maximum atomic E-state index is 13.2. The van der Waals surface area contributed by atoms with Crippen molar-refractivity contribution in [2.75, 3.05) is 50.0 Å². The maximum Gasteiger partial charge on any atom is 0.229 e. The fourth-order valence-corrected chi connectivity index (χ4v) is 5.93. The first-order valence-electron chi connectivity index (χ1n) is 10.6. The van der Waals surface area contributed by atoms with Crippen molar-refractivity contribution in [1.29, 1.82) is 0 Å². The maximum absolute atomic E-state index is 13.2. The van der Waals surface area contributed by atoms with Crippen molar-refractivity contribution in [2.45, 2.75) is 17.7 Å². The van der Waals surface area contributed by atoms with Crippen LogP contribution in [0.3, 0.4) is 0 Å². The molecule has 0 unspecified atom stereocenters. The molecule has 1 amide bonds. The molecule has 0 radical (unpaired) electrons. The van der Waals surface area contributed by atoms with Gasteiger partial charge in [-0.05, 0) is 48.9 Å². The van der Waals surface area contributed by atoms with Crippen molar-refractivity contribution in [3.8, 4) is 0 Å². The van der Waals surface area contributed by atoms with Crippen LogP contribution in [0.5, 0.6) is 0 Å². The quantitative estimate of drug-likeness (QED) is 0.300. The van der Waals surface area contributed by atoms with Crippen LogP contribution in [0.15, 0.2) is 51.8 Å². The first-order chi connectivity index (χ1) is 15.6. The Balaban J connectivity index is 0.00000306. The van der Waals surface area contributed by atoms with Crippen LogP contribution in [0.1, 0.15) is 12.8 Å². The van der Waals surface area contributed by atoms with Gasteiger partial charge in [0.1, 0.15) is 5.82 Å². The third kappa shape index (κ3) is 7.63. The highest BCUT2D eigenvalue weighted by Crippen LogP contribution is 2.31. The molecule has 2 heterocycles. The number of carbonyl (C=O) groups excluding carboxylic acids is 1. The third-order valence-corrected chi connectivity index (χ3v) is 7.78. The second kappa shape index (κ2) is 13.0. The molecular weight excluding hydrogens is 549 g/mol. The van der Waals surface area contributed by atoms with Crippen LogP contribution in [0.25, 0.3) is 10.2 Å². The van der Waals surface area contributed by atoms with Gasteiger partial charge in [0, 0.05) is 47.7 Å². The minimum absolute atomic E-state index is 0. The van der Waals surface area contributed by atoms with E-state index in [2.05, 4.69) is 20.8 Å². The number of morpholine rings is 1. The first-order valence-corrected chi connectivity index (χ1v) is 13.2. The van der Waals surface area contributed by atoms with Gasteiger partial charge in [-0.3, -0.25) is 14.6 Å². The molecule has 1 fully saturated rings. The Morgan fingerprint density at radius 2 is 1.97 bits per heavy atom. The van der Waals surface area contributed by atoms with Crippen molar-refractivity contribution in [2.24, 2.45) is 0 Å². The summed E-state index contributed by atoms with van der Waals surface area (Å²) in [6, 6.07) is 12.4. The minimum atomic E-state index is -0.251. The van der Waals surface area contributed by atoms with E-state index < -0.39 is 0 Å². The number of rotatable bonds is 9. The Labute approximate surface area is 216 Å². The van der Waals surface area contributed by atoms with E-state index in [-0.39, 0.29) is 24.1 Å². The summed E-state index contributed by atoms with van der Waals surface area (Å²) in [6.45, 7) is 5.01. The van der Waals surface area contributed by atoms with Crippen LogP contribution in [0, 0.1) is 5.82 Å². The van der Waals surface area contributed by atoms with E-state index in [9.17, 15) is 9.18 Å². The minimum Gasteiger partial charge on any atom is -0.379 e. The number of hydrogen-bond acceptors (Lipinski definition) is 6. The highest BCUT2D eigenvalue weighted by atomic mass is 79.9. The summed E-state index contributed by atoms with van der Waals surface area (Å²) >= 11 is 6.62. The summed E-state index contributed by atoms with van der Waals surface area (Å²) in [6.07, 6.45) is 1.29. The van der Waals surface area contributed by atoms with E-state index in [0.29, 0.717) is 18.7 Å². The number of thioether (sulfide) groups is 1. The van der Waals surface area contributed by atoms with Crippen molar-refractivity contribution >= 4 is 72.7 Å². The van der Waals surface area contributed by atoms with Gasteiger partial charge in [-0.1, -0.05) is 27.3 Å². The van der Waals surface area contributed by atoms with Gasteiger partial charge in [0.2, 0.25) is 5.91 Å². The summed E-state index contributed by atoms with van der Waals surface area (Å²) in [5.74, 6) is 0.458. The van der Waals surface area contributed by atoms with Crippen LogP contribution < -0.4 is 4.90 Å². The zero-order chi connectivity index (χ0) is 22.3. The first kappa shape index (κ1) is 26.4. The van der Waals surface area contributed by atoms with Crippen molar-refractivity contribution < 1.29 is 13.9 Å². The Morgan fingerprint density at radius 1 is 1.21 bits per heavy atom. The lowest BCUT2D eigenvalue weighted by molar-refractivity contribution is -0.118. The Morgan fingerprint density at radius 3 is 2.73 bits per heavy atom. The molecule has 10 heteroatoms. The van der Waals surface area contributed by atoms with Crippen LogP contribution in [0.4, 0.5) is 9.52 Å². The molecule has 1 aliphatic rings. The molecule has 1 saturated heterocycles. The molecule has 0 saturated carbocycles. The number of aromatic nitrogens is 1. The summed E-state index contributed by atoms with van der Waals surface area (Å²) < 4.78 is 20.6. The second-order valence-electron chi connectivity index (χ2n) is 7.51. The number of thiazole rings is 1. The number of carbonyl (C=O) groups is 1. The predicted octanol–water partition coefficient (Wildman–Crippen LogP) is 5.86. The molecule has 5 nitrogen and oxygen atoms in total. The third-order valence-electron chi connectivity index (χ3n) is 5.23. The molecule has 33 heavy (non-hydrogen) atoms. The van der Waals surface area contributed by atoms with E-state index in [1.165, 1.54) is 12.1 Å². The van der Waals surface area contributed by atoms with E-state index >= 15 is 0 Å². The number of nitrogens with zero attached hydrogens (tertiary/aromatic N) is 3. The summed E-state index contributed by atoms with van der Waals surface area (Å²) in [7, 11) is 0. The average molecular weight is 575 g/mol. The lowest BCUT2D eigenvalue weighted by Crippen LogP contribution is -2.39. The zero-order valence-corrected chi connectivity index (χ0v) is 22.1. The van der Waals surface area contributed by atoms with Gasteiger partial charge < -0.3 is 4.74 Å². The monoisotopic (exact) mass is 573 g/mol. The van der Waals surface area contributed by atoms with Gasteiger partial charge in [-0.25, -0.2) is 9.37 Å². The summed E-state index contributed by atoms with van der Waals surface area (Å²) in [4.78, 5) is 23.1. The van der Waals surface area contributed by atoms with Gasteiger partial charge in [0.25, 0.3) is 0 Å². The van der Waals surface area contributed by atoms with Gasteiger partial charge in [-0.15, -0.1) is 24.2 Å². The Hall–Kier alpha value is -1.23. The largest absolute Gasteiger partial charge is 0.379 e. The number of anilines is 1. The Bertz CT molecular complexity index is 1050. The van der Waals surface area contributed by atoms with Crippen LogP contribution in [-0.4, -0.2) is 60.9 Å². The summed E-state index contributed by atoms with van der Waals surface area (Å²) in [5.41, 5.74) is 0.903. The highest BCUT2D eigenvalue weighted by molar-refractivity contribution is 9.10. The standard InChI is InChI=1S/C23H25BrFN3O2S2.ClH/c24-17-2-7-20-21(16-17)32-23(26-20)28(10-1-9-27-11-13-30-14-12-27)22(29)8-15-31-19-5-3-18(25)4-6-19;/h2-7,16H,1,8-15H2;1H. The fraction of sp³-hybridized carbons (Fsp3) is 0.391. The Kier molecular flexibility index (Phi) is 10.4. The molecule has 2 aromatic carbocycles. The van der Waals surface area contributed by atoms with Crippen LogP contribution in [0.2, 0.25) is 0 Å². The molecule has 0 N–H and O–H groups in total. The van der Waals surface area contributed by atoms with Gasteiger partial charge in [0.15, 0.2) is 5.13 Å². The smallest absolute Gasteiger partial charge is 0.229 e. The molecule has 0 atom stereocenters. The van der Waals surface area contributed by atoms with Gasteiger partial charge in [0.05, 0.1) is 23.4 Å². The fourth-order valence-electron chi connectivity index (χ4n) is 3.53. The zero-order valence-electron chi connectivity index (χ0n) is 18.0. The topological polar surface area (TPSA) is 45.7 Å². The number of fused-ring (bicyclic) bond motifs is 1. The average Bonchev–Trinajstić information content (AvgIpc) is 3.21. The lowest BCUT2D eigenvalue weighted by Gasteiger charge is -2.27. The number of ether oxygens (including phenoxy) is 1. The van der Waals surface area contributed by atoms with E-state index in [4.69, 9.17) is 9.72 Å². The molecule has 3 aromatic rings. The summed E-state index contributed by atoms with van der Waals surface area (Å²) in [5, 5.41) is 0.747. The molecule has 0 bridgehead atoms. The molecule has 178 valence electrons. The molecular formula is C23H26BrClFN3O2S2. The SMILES string of the molecule is Cl.O=C(CCSc1ccc(F)cc1)N(CCCN1CCOCC1)c1nc2ccc(Br)cc2s1. The van der Waals surface area contributed by atoms with Gasteiger partial charge >= 0.3 is 0 Å². The molecule has 0 spiro atoms. The van der Waals surface area contributed by atoms with E-state index in [1.807, 2.05) is 23.1 Å². The van der Waals surface area contributed by atoms with Gasteiger partial charge in [-0.2, -0.15) is 0 Å². The number of halogens is 3. The molecule has 4 rings (SSSR count). The van der Waals surface area contributed by atoms with Crippen LogP contribution >= 0.6 is 51.4 Å². The molecule has 1 aliphatic heterocycles. The number of benzene rings is 2. The normalized spacial score (nSPS) is 14.2. The number of hydrogen-bond donors (Lipinski definition) is 0. The lowest BCUT2D eigenvalue weighted by atomic mass is 10.3. The van der Waals surface area contributed by atoms with Crippen LogP contribution in [-0.2, 0) is 9.53 Å². The predicted molar refractivity (Wildman–Crippen MR) is 141 cm³/mol. The van der Waals surface area contributed by atoms with E-state index in [1.54, 1.807) is 35.2 Å². The second-order valence-corrected chi connectivity index (χ2v) is 10.6. The van der Waals surface area contributed by atoms with Crippen molar-refractivity contribution in [1.82, 2.24) is 9.88 Å². The van der Waals surface area contributed by atoms with Crippen molar-refractivity contribution in [3.63, 3.8) is 0 Å². The highest BCUT2D eigenvalue weighted by Gasteiger charge is 2.20. The number of amides is 1.